The molecule has 0 unspecified atom stereocenters. The maximum atomic E-state index is 12.3. The SMILES string of the molecule is CCC(CC)(CC(=O)OC)NC(=O)c1csc(CCN)n1. The van der Waals surface area contributed by atoms with Gasteiger partial charge in [-0.25, -0.2) is 4.98 Å². The second-order valence-electron chi connectivity index (χ2n) is 4.86. The molecule has 0 aromatic carbocycles. The van der Waals surface area contributed by atoms with E-state index in [2.05, 4.69) is 10.3 Å². The Morgan fingerprint density at radius 2 is 2.10 bits per heavy atom. The Balaban J connectivity index is 2.81. The van der Waals surface area contributed by atoms with E-state index in [1.54, 1.807) is 5.38 Å². The largest absolute Gasteiger partial charge is 0.469 e. The number of amides is 1. The molecule has 7 heteroatoms. The molecule has 0 aliphatic carbocycles. The fourth-order valence-corrected chi connectivity index (χ4v) is 2.82. The van der Waals surface area contributed by atoms with Crippen LogP contribution in [0.2, 0.25) is 0 Å². The van der Waals surface area contributed by atoms with Crippen LogP contribution in [0.3, 0.4) is 0 Å². The lowest BCUT2D eigenvalue weighted by Crippen LogP contribution is -2.49. The van der Waals surface area contributed by atoms with Gasteiger partial charge < -0.3 is 15.8 Å². The van der Waals surface area contributed by atoms with Crippen molar-refractivity contribution in [1.82, 2.24) is 10.3 Å². The highest BCUT2D eigenvalue weighted by Crippen LogP contribution is 2.21. The number of hydrogen-bond acceptors (Lipinski definition) is 6. The summed E-state index contributed by atoms with van der Waals surface area (Å²) in [5.74, 6) is -0.594. The Kier molecular flexibility index (Phi) is 6.77. The molecule has 0 radical (unpaired) electrons. The third-order valence-corrected chi connectivity index (χ3v) is 4.49. The molecule has 1 rings (SSSR count). The summed E-state index contributed by atoms with van der Waals surface area (Å²) < 4.78 is 4.72. The van der Waals surface area contributed by atoms with Crippen LogP contribution in [-0.4, -0.2) is 36.1 Å². The van der Waals surface area contributed by atoms with Gasteiger partial charge in [0.2, 0.25) is 0 Å². The zero-order valence-electron chi connectivity index (χ0n) is 12.8. The van der Waals surface area contributed by atoms with Gasteiger partial charge in [-0.1, -0.05) is 13.8 Å². The third-order valence-electron chi connectivity index (χ3n) is 3.59. The van der Waals surface area contributed by atoms with Gasteiger partial charge in [-0.15, -0.1) is 11.3 Å². The molecule has 1 heterocycles. The number of nitrogens with zero attached hydrogens (tertiary/aromatic N) is 1. The predicted molar refractivity (Wildman–Crippen MR) is 82.3 cm³/mol. The fraction of sp³-hybridized carbons (Fsp3) is 0.643. The van der Waals surface area contributed by atoms with Crippen LogP contribution in [0.5, 0.6) is 0 Å². The normalized spacial score (nSPS) is 11.2. The number of hydrogen-bond donors (Lipinski definition) is 2. The van der Waals surface area contributed by atoms with E-state index in [9.17, 15) is 9.59 Å². The zero-order valence-corrected chi connectivity index (χ0v) is 13.6. The topological polar surface area (TPSA) is 94.3 Å². The van der Waals surface area contributed by atoms with Gasteiger partial charge >= 0.3 is 5.97 Å². The van der Waals surface area contributed by atoms with Crippen molar-refractivity contribution in [1.29, 1.82) is 0 Å². The first kappa shape index (κ1) is 17.6. The van der Waals surface area contributed by atoms with Crippen molar-refractivity contribution in [2.75, 3.05) is 13.7 Å². The molecule has 1 amide bonds. The van der Waals surface area contributed by atoms with Crippen molar-refractivity contribution in [3.05, 3.63) is 16.1 Å². The average Bonchev–Trinajstić information content (AvgIpc) is 2.95. The summed E-state index contributed by atoms with van der Waals surface area (Å²) in [5.41, 5.74) is 5.25. The van der Waals surface area contributed by atoms with Crippen LogP contribution in [0, 0.1) is 0 Å². The standard InChI is InChI=1S/C14H23N3O3S/c1-4-14(5-2,8-12(18)20-3)17-13(19)10-9-21-11(16-10)6-7-15/h9H,4-8,15H2,1-3H3,(H,17,19). The highest BCUT2D eigenvalue weighted by molar-refractivity contribution is 7.09. The molecule has 0 saturated heterocycles. The molecule has 0 bridgehead atoms. The summed E-state index contributed by atoms with van der Waals surface area (Å²) in [6.45, 7) is 4.38. The lowest BCUT2D eigenvalue weighted by Gasteiger charge is -2.31. The van der Waals surface area contributed by atoms with Crippen molar-refractivity contribution in [3.63, 3.8) is 0 Å². The minimum absolute atomic E-state index is 0.155. The number of carbonyl (C=O) groups excluding carboxylic acids is 2. The van der Waals surface area contributed by atoms with Gasteiger partial charge in [-0.2, -0.15) is 0 Å². The molecule has 0 spiro atoms. The van der Waals surface area contributed by atoms with E-state index < -0.39 is 5.54 Å². The lowest BCUT2D eigenvalue weighted by atomic mass is 9.89. The Morgan fingerprint density at radius 1 is 1.43 bits per heavy atom. The van der Waals surface area contributed by atoms with Crippen molar-refractivity contribution >= 4 is 23.2 Å². The predicted octanol–water partition coefficient (Wildman–Crippen LogP) is 1.50. The number of aromatic nitrogens is 1. The van der Waals surface area contributed by atoms with Crippen molar-refractivity contribution < 1.29 is 14.3 Å². The second kappa shape index (κ2) is 8.09. The molecule has 1 aromatic rings. The third kappa shape index (κ3) is 4.78. The van der Waals surface area contributed by atoms with Crippen molar-refractivity contribution in [2.24, 2.45) is 5.73 Å². The number of carbonyl (C=O) groups is 2. The van der Waals surface area contributed by atoms with E-state index in [4.69, 9.17) is 10.5 Å². The van der Waals surface area contributed by atoms with Gasteiger partial charge in [0.1, 0.15) is 5.69 Å². The van der Waals surface area contributed by atoms with E-state index in [1.807, 2.05) is 13.8 Å². The number of ether oxygens (including phenoxy) is 1. The molecule has 21 heavy (non-hydrogen) atoms. The Morgan fingerprint density at radius 3 is 2.62 bits per heavy atom. The molecule has 0 fully saturated rings. The van der Waals surface area contributed by atoms with Crippen LogP contribution in [-0.2, 0) is 16.0 Å². The molecule has 6 nitrogen and oxygen atoms in total. The maximum Gasteiger partial charge on any atom is 0.307 e. The van der Waals surface area contributed by atoms with Gasteiger partial charge in [0.05, 0.1) is 24.1 Å². The smallest absolute Gasteiger partial charge is 0.307 e. The quantitative estimate of drug-likeness (QED) is 0.709. The first-order valence-corrected chi connectivity index (χ1v) is 7.92. The van der Waals surface area contributed by atoms with Crippen molar-refractivity contribution in [2.45, 2.75) is 45.1 Å². The van der Waals surface area contributed by atoms with E-state index in [0.29, 0.717) is 31.5 Å². The van der Waals surface area contributed by atoms with Crippen LogP contribution >= 0.6 is 11.3 Å². The second-order valence-corrected chi connectivity index (χ2v) is 5.80. The maximum absolute atomic E-state index is 12.3. The summed E-state index contributed by atoms with van der Waals surface area (Å²) in [7, 11) is 1.35. The highest BCUT2D eigenvalue weighted by atomic mass is 32.1. The number of thiazole rings is 1. The minimum atomic E-state index is -0.595. The number of methoxy groups -OCH3 is 1. The Bertz CT molecular complexity index is 484. The first-order chi connectivity index (χ1) is 10.00. The van der Waals surface area contributed by atoms with Crippen molar-refractivity contribution in [3.8, 4) is 0 Å². The van der Waals surface area contributed by atoms with Gasteiger partial charge in [0.25, 0.3) is 5.91 Å². The molecule has 1 aromatic heterocycles. The summed E-state index contributed by atoms with van der Waals surface area (Å²) >= 11 is 1.42. The van der Waals surface area contributed by atoms with Gasteiger partial charge in [-0.05, 0) is 19.4 Å². The number of esters is 1. The number of rotatable bonds is 8. The summed E-state index contributed by atoms with van der Waals surface area (Å²) in [5, 5.41) is 5.50. The van der Waals surface area contributed by atoms with Crippen LogP contribution < -0.4 is 11.1 Å². The molecule has 0 atom stereocenters. The fourth-order valence-electron chi connectivity index (χ4n) is 2.03. The monoisotopic (exact) mass is 313 g/mol. The highest BCUT2D eigenvalue weighted by Gasteiger charge is 2.32. The van der Waals surface area contributed by atoms with E-state index in [-0.39, 0.29) is 18.3 Å². The molecule has 3 N–H and O–H groups in total. The molecule has 0 aliphatic heterocycles. The Labute approximate surface area is 129 Å². The van der Waals surface area contributed by atoms with Crippen LogP contribution in [0.15, 0.2) is 5.38 Å². The van der Waals surface area contributed by atoms with Crippen LogP contribution in [0.4, 0.5) is 0 Å². The molecule has 118 valence electrons. The summed E-state index contributed by atoms with van der Waals surface area (Å²) in [6.07, 6.45) is 2.10. The number of nitrogens with one attached hydrogen (secondary N) is 1. The van der Waals surface area contributed by atoms with Gasteiger partial charge in [-0.3, -0.25) is 9.59 Å². The van der Waals surface area contributed by atoms with Crippen LogP contribution in [0.1, 0.15) is 48.6 Å². The van der Waals surface area contributed by atoms with Crippen LogP contribution in [0.25, 0.3) is 0 Å². The van der Waals surface area contributed by atoms with E-state index in [0.717, 1.165) is 5.01 Å². The van der Waals surface area contributed by atoms with E-state index >= 15 is 0 Å². The first-order valence-electron chi connectivity index (χ1n) is 7.04. The number of nitrogens with two attached hydrogens (primary N) is 1. The summed E-state index contributed by atoms with van der Waals surface area (Å²) in [6, 6.07) is 0. The molecule has 0 saturated carbocycles. The Hall–Kier alpha value is -1.47. The van der Waals surface area contributed by atoms with E-state index in [1.165, 1.54) is 18.4 Å². The van der Waals surface area contributed by atoms with Gasteiger partial charge in [0.15, 0.2) is 0 Å². The molecule has 0 aliphatic rings. The average molecular weight is 313 g/mol. The molecular weight excluding hydrogens is 290 g/mol. The zero-order chi connectivity index (χ0) is 15.9. The minimum Gasteiger partial charge on any atom is -0.469 e. The summed E-state index contributed by atoms with van der Waals surface area (Å²) in [4.78, 5) is 28.1. The lowest BCUT2D eigenvalue weighted by molar-refractivity contribution is -0.142. The van der Waals surface area contributed by atoms with Gasteiger partial charge in [0, 0.05) is 11.8 Å². The molecular formula is C14H23N3O3S.